The lowest BCUT2D eigenvalue weighted by molar-refractivity contribution is -0.103. The molecule has 0 spiro atoms. The van der Waals surface area contributed by atoms with E-state index in [1.165, 1.54) is 32.1 Å². The Labute approximate surface area is 104 Å². The largest absolute Gasteiger partial charge is 0.390 e. The summed E-state index contributed by atoms with van der Waals surface area (Å²) in [5, 5.41) is 10.5. The molecule has 3 unspecified atom stereocenters. The maximum atomic E-state index is 10.5. The van der Waals surface area contributed by atoms with Crippen molar-refractivity contribution in [2.75, 3.05) is 20.3 Å². The van der Waals surface area contributed by atoms with E-state index in [4.69, 9.17) is 9.47 Å². The third kappa shape index (κ3) is 3.43. The van der Waals surface area contributed by atoms with E-state index < -0.39 is 0 Å². The molecule has 0 amide bonds. The van der Waals surface area contributed by atoms with Crippen LogP contribution in [0.25, 0.3) is 0 Å². The number of ether oxygens (including phenoxy) is 2. The van der Waals surface area contributed by atoms with Crippen LogP contribution in [0.4, 0.5) is 0 Å². The van der Waals surface area contributed by atoms with Crippen molar-refractivity contribution in [2.24, 2.45) is 11.8 Å². The first-order valence-corrected chi connectivity index (χ1v) is 7.11. The number of rotatable bonds is 4. The van der Waals surface area contributed by atoms with Crippen LogP contribution in [0.5, 0.6) is 0 Å². The number of aliphatic hydroxyl groups excluding tert-OH is 1. The SMILES string of the molecule is COC(C1CCCCC1)C(O)C1CCCOC1. The molecule has 2 fully saturated rings. The van der Waals surface area contributed by atoms with Crippen molar-refractivity contribution in [3.8, 4) is 0 Å². The van der Waals surface area contributed by atoms with Gasteiger partial charge >= 0.3 is 0 Å². The Morgan fingerprint density at radius 2 is 1.76 bits per heavy atom. The lowest BCUT2D eigenvalue weighted by Gasteiger charge is -2.37. The second-order valence-electron chi connectivity index (χ2n) is 5.57. The van der Waals surface area contributed by atoms with Crippen LogP contribution in [0.1, 0.15) is 44.9 Å². The summed E-state index contributed by atoms with van der Waals surface area (Å²) in [4.78, 5) is 0. The van der Waals surface area contributed by atoms with E-state index in [1.54, 1.807) is 7.11 Å². The molecular weight excluding hydrogens is 216 g/mol. The Morgan fingerprint density at radius 1 is 1.06 bits per heavy atom. The van der Waals surface area contributed by atoms with Gasteiger partial charge in [-0.15, -0.1) is 0 Å². The lowest BCUT2D eigenvalue weighted by atomic mass is 9.79. The van der Waals surface area contributed by atoms with E-state index in [-0.39, 0.29) is 18.1 Å². The van der Waals surface area contributed by atoms with Gasteiger partial charge in [0.15, 0.2) is 0 Å². The molecule has 0 aromatic carbocycles. The summed E-state index contributed by atoms with van der Waals surface area (Å²) in [7, 11) is 1.74. The predicted molar refractivity (Wildman–Crippen MR) is 66.9 cm³/mol. The van der Waals surface area contributed by atoms with E-state index in [9.17, 15) is 5.11 Å². The molecule has 2 aliphatic rings. The highest BCUT2D eigenvalue weighted by Gasteiger charge is 2.35. The number of aliphatic hydroxyl groups is 1. The Bertz CT molecular complexity index is 208. The molecule has 0 bridgehead atoms. The Kier molecular flexibility index (Phi) is 5.26. The molecule has 3 atom stereocenters. The molecule has 0 aromatic heterocycles. The van der Waals surface area contributed by atoms with Gasteiger partial charge in [-0.05, 0) is 31.6 Å². The quantitative estimate of drug-likeness (QED) is 0.822. The topological polar surface area (TPSA) is 38.7 Å². The zero-order valence-corrected chi connectivity index (χ0v) is 10.9. The smallest absolute Gasteiger partial charge is 0.0861 e. The summed E-state index contributed by atoms with van der Waals surface area (Å²) in [6, 6.07) is 0. The second kappa shape index (κ2) is 6.72. The average molecular weight is 242 g/mol. The fourth-order valence-corrected chi connectivity index (χ4v) is 3.38. The molecule has 100 valence electrons. The third-order valence-electron chi connectivity index (χ3n) is 4.40. The fourth-order valence-electron chi connectivity index (χ4n) is 3.38. The Hall–Kier alpha value is -0.120. The normalized spacial score (nSPS) is 31.1. The summed E-state index contributed by atoms with van der Waals surface area (Å²) < 4.78 is 11.1. The van der Waals surface area contributed by atoms with Gasteiger partial charge in [-0.25, -0.2) is 0 Å². The minimum Gasteiger partial charge on any atom is -0.390 e. The van der Waals surface area contributed by atoms with Crippen LogP contribution < -0.4 is 0 Å². The summed E-state index contributed by atoms with van der Waals surface area (Å²) in [5.74, 6) is 0.821. The van der Waals surface area contributed by atoms with E-state index in [0.717, 1.165) is 19.4 Å². The number of hydrogen-bond acceptors (Lipinski definition) is 3. The van der Waals surface area contributed by atoms with Crippen molar-refractivity contribution in [3.63, 3.8) is 0 Å². The molecule has 17 heavy (non-hydrogen) atoms. The number of hydrogen-bond donors (Lipinski definition) is 1. The molecule has 1 aliphatic carbocycles. The molecule has 3 heteroatoms. The molecule has 0 aromatic rings. The van der Waals surface area contributed by atoms with E-state index in [0.29, 0.717) is 12.5 Å². The minimum absolute atomic E-state index is 0.0157. The van der Waals surface area contributed by atoms with Gasteiger partial charge in [-0.3, -0.25) is 0 Å². The zero-order valence-electron chi connectivity index (χ0n) is 10.9. The average Bonchev–Trinajstić information content (AvgIpc) is 2.42. The summed E-state index contributed by atoms with van der Waals surface area (Å²) in [6.45, 7) is 1.55. The highest BCUT2D eigenvalue weighted by molar-refractivity contribution is 4.85. The predicted octanol–water partition coefficient (Wildman–Crippen LogP) is 2.37. The summed E-state index contributed by atoms with van der Waals surface area (Å²) in [5.41, 5.74) is 0. The van der Waals surface area contributed by atoms with Gasteiger partial charge in [0.05, 0.1) is 18.8 Å². The molecule has 0 radical (unpaired) electrons. The molecular formula is C14H26O3. The highest BCUT2D eigenvalue weighted by Crippen LogP contribution is 2.32. The van der Waals surface area contributed by atoms with Crippen LogP contribution in [-0.2, 0) is 9.47 Å². The van der Waals surface area contributed by atoms with Gasteiger partial charge < -0.3 is 14.6 Å². The van der Waals surface area contributed by atoms with Crippen molar-refractivity contribution in [1.82, 2.24) is 0 Å². The van der Waals surface area contributed by atoms with Crippen LogP contribution in [0.3, 0.4) is 0 Å². The molecule has 1 heterocycles. The van der Waals surface area contributed by atoms with Crippen LogP contribution in [-0.4, -0.2) is 37.6 Å². The van der Waals surface area contributed by atoms with Crippen molar-refractivity contribution < 1.29 is 14.6 Å². The van der Waals surface area contributed by atoms with Gasteiger partial charge in [0, 0.05) is 19.6 Å². The maximum Gasteiger partial charge on any atom is 0.0861 e. The van der Waals surface area contributed by atoms with Crippen LogP contribution in [0.2, 0.25) is 0 Å². The van der Waals surface area contributed by atoms with Gasteiger partial charge in [0.1, 0.15) is 0 Å². The molecule has 1 saturated carbocycles. The van der Waals surface area contributed by atoms with Crippen molar-refractivity contribution in [1.29, 1.82) is 0 Å². The zero-order chi connectivity index (χ0) is 12.1. The molecule has 1 saturated heterocycles. The van der Waals surface area contributed by atoms with E-state index in [1.807, 2.05) is 0 Å². The van der Waals surface area contributed by atoms with Crippen molar-refractivity contribution >= 4 is 0 Å². The molecule has 1 N–H and O–H groups in total. The number of methoxy groups -OCH3 is 1. The third-order valence-corrected chi connectivity index (χ3v) is 4.40. The van der Waals surface area contributed by atoms with E-state index >= 15 is 0 Å². The first kappa shape index (κ1) is 13.3. The highest BCUT2D eigenvalue weighted by atomic mass is 16.5. The Morgan fingerprint density at radius 3 is 2.35 bits per heavy atom. The van der Waals surface area contributed by atoms with Gasteiger partial charge in [-0.1, -0.05) is 19.3 Å². The van der Waals surface area contributed by atoms with Gasteiger partial charge in [-0.2, -0.15) is 0 Å². The summed E-state index contributed by atoms with van der Waals surface area (Å²) in [6.07, 6.45) is 8.17. The first-order chi connectivity index (χ1) is 8.33. The Balaban J connectivity index is 1.90. The van der Waals surface area contributed by atoms with Crippen molar-refractivity contribution in [2.45, 2.75) is 57.2 Å². The first-order valence-electron chi connectivity index (χ1n) is 7.11. The van der Waals surface area contributed by atoms with Gasteiger partial charge in [0.2, 0.25) is 0 Å². The summed E-state index contributed by atoms with van der Waals surface area (Å²) >= 11 is 0. The van der Waals surface area contributed by atoms with Gasteiger partial charge in [0.25, 0.3) is 0 Å². The lowest BCUT2D eigenvalue weighted by Crippen LogP contribution is -2.43. The molecule has 2 rings (SSSR count). The monoisotopic (exact) mass is 242 g/mol. The van der Waals surface area contributed by atoms with Crippen LogP contribution in [0.15, 0.2) is 0 Å². The molecule has 3 nitrogen and oxygen atoms in total. The van der Waals surface area contributed by atoms with Crippen LogP contribution >= 0.6 is 0 Å². The fraction of sp³-hybridized carbons (Fsp3) is 1.00. The molecule has 1 aliphatic heterocycles. The van der Waals surface area contributed by atoms with E-state index in [2.05, 4.69) is 0 Å². The van der Waals surface area contributed by atoms with Crippen LogP contribution in [0, 0.1) is 11.8 Å². The standard InChI is InChI=1S/C14H26O3/c1-16-14(11-6-3-2-4-7-11)13(15)12-8-5-9-17-10-12/h11-15H,2-10H2,1H3. The maximum absolute atomic E-state index is 10.5. The van der Waals surface area contributed by atoms with Crippen molar-refractivity contribution in [3.05, 3.63) is 0 Å². The minimum atomic E-state index is -0.344. The second-order valence-corrected chi connectivity index (χ2v) is 5.57.